The predicted molar refractivity (Wildman–Crippen MR) is 133 cm³/mol. The Bertz CT molecular complexity index is 961. The maximum absolute atomic E-state index is 13.6. The molecule has 2 aliphatic heterocycles. The summed E-state index contributed by atoms with van der Waals surface area (Å²) >= 11 is 0. The van der Waals surface area contributed by atoms with Crippen LogP contribution in [0.15, 0.2) is 42.5 Å². The molecule has 1 fully saturated rings. The lowest BCUT2D eigenvalue weighted by Gasteiger charge is -2.35. The van der Waals surface area contributed by atoms with Crippen molar-refractivity contribution in [3.63, 3.8) is 0 Å². The maximum atomic E-state index is 13.6. The van der Waals surface area contributed by atoms with Gasteiger partial charge < -0.3 is 19.1 Å². The number of para-hydroxylation sites is 1. The molecule has 0 aliphatic carbocycles. The first-order valence-corrected chi connectivity index (χ1v) is 12.5. The fourth-order valence-corrected chi connectivity index (χ4v) is 4.81. The smallest absolute Gasteiger partial charge is 0.253 e. The lowest BCUT2D eigenvalue weighted by molar-refractivity contribution is -0.151. The summed E-state index contributed by atoms with van der Waals surface area (Å²) in [6, 6.07) is 14.5. The highest BCUT2D eigenvalue weighted by atomic mass is 16.5. The molecule has 0 radical (unpaired) electrons. The Balaban J connectivity index is 1.45. The van der Waals surface area contributed by atoms with E-state index < -0.39 is 6.10 Å². The number of hydrogen-bond acceptors (Lipinski definition) is 5. The van der Waals surface area contributed by atoms with Gasteiger partial charge in [-0.1, -0.05) is 44.2 Å². The summed E-state index contributed by atoms with van der Waals surface area (Å²) in [6.45, 7) is 9.00. The first-order chi connectivity index (χ1) is 16.5. The first kappa shape index (κ1) is 24.6. The van der Waals surface area contributed by atoms with Crippen molar-refractivity contribution >= 4 is 5.91 Å². The van der Waals surface area contributed by atoms with Crippen molar-refractivity contribution in [2.45, 2.75) is 52.3 Å². The zero-order valence-corrected chi connectivity index (χ0v) is 20.8. The molecule has 6 nitrogen and oxygen atoms in total. The third kappa shape index (κ3) is 6.30. The highest BCUT2D eigenvalue weighted by Gasteiger charge is 2.31. The van der Waals surface area contributed by atoms with Gasteiger partial charge in [-0.05, 0) is 48.4 Å². The van der Waals surface area contributed by atoms with Gasteiger partial charge in [-0.25, -0.2) is 0 Å². The molecule has 2 aliphatic rings. The largest absolute Gasteiger partial charge is 0.496 e. The molecule has 2 heterocycles. The van der Waals surface area contributed by atoms with E-state index in [1.54, 1.807) is 7.11 Å². The number of methoxy groups -OCH3 is 1. The van der Waals surface area contributed by atoms with Gasteiger partial charge in [0.05, 0.1) is 20.3 Å². The van der Waals surface area contributed by atoms with Crippen LogP contribution in [0.1, 0.15) is 43.4 Å². The molecule has 0 spiro atoms. The van der Waals surface area contributed by atoms with Crippen LogP contribution in [0, 0.1) is 5.92 Å². The van der Waals surface area contributed by atoms with Crippen molar-refractivity contribution in [1.82, 2.24) is 9.80 Å². The minimum Gasteiger partial charge on any atom is -0.496 e. The summed E-state index contributed by atoms with van der Waals surface area (Å²) < 4.78 is 17.5. The van der Waals surface area contributed by atoms with Crippen LogP contribution < -0.4 is 9.47 Å². The summed E-state index contributed by atoms with van der Waals surface area (Å²) in [5.74, 6) is 2.29. The van der Waals surface area contributed by atoms with Crippen LogP contribution >= 0.6 is 0 Å². The third-order valence-electron chi connectivity index (χ3n) is 6.51. The van der Waals surface area contributed by atoms with Gasteiger partial charge in [-0.2, -0.15) is 0 Å². The molecule has 34 heavy (non-hydrogen) atoms. The lowest BCUT2D eigenvalue weighted by Crippen LogP contribution is -2.51. The van der Waals surface area contributed by atoms with Crippen molar-refractivity contribution in [3.8, 4) is 11.5 Å². The molecule has 184 valence electrons. The quantitative estimate of drug-likeness (QED) is 0.581. The van der Waals surface area contributed by atoms with Crippen molar-refractivity contribution in [2.75, 3.05) is 40.0 Å². The number of rotatable bonds is 8. The molecule has 0 saturated carbocycles. The summed E-state index contributed by atoms with van der Waals surface area (Å²) in [7, 11) is 1.70. The van der Waals surface area contributed by atoms with E-state index in [1.807, 2.05) is 23.1 Å². The number of morpholine rings is 1. The number of benzene rings is 2. The van der Waals surface area contributed by atoms with Crippen molar-refractivity contribution in [2.24, 2.45) is 5.92 Å². The summed E-state index contributed by atoms with van der Waals surface area (Å²) in [5.41, 5.74) is 3.50. The van der Waals surface area contributed by atoms with Crippen molar-refractivity contribution in [3.05, 3.63) is 59.2 Å². The Morgan fingerprint density at radius 3 is 2.85 bits per heavy atom. The molecular formula is C28H38N2O4. The molecule has 2 aromatic rings. The molecule has 2 aromatic carbocycles. The van der Waals surface area contributed by atoms with Crippen LogP contribution in [0.4, 0.5) is 0 Å². The number of ether oxygens (including phenoxy) is 3. The first-order valence-electron chi connectivity index (χ1n) is 12.5. The van der Waals surface area contributed by atoms with Gasteiger partial charge in [0, 0.05) is 38.3 Å². The Kier molecular flexibility index (Phi) is 8.46. The van der Waals surface area contributed by atoms with Crippen LogP contribution in [0.2, 0.25) is 0 Å². The number of aryl methyl sites for hydroxylation is 1. The highest BCUT2D eigenvalue weighted by molar-refractivity contribution is 5.81. The van der Waals surface area contributed by atoms with Crippen molar-refractivity contribution < 1.29 is 19.0 Å². The minimum absolute atomic E-state index is 0.0642. The van der Waals surface area contributed by atoms with E-state index in [2.05, 4.69) is 43.0 Å². The lowest BCUT2D eigenvalue weighted by atomic mass is 10.0. The van der Waals surface area contributed by atoms with E-state index in [0.717, 1.165) is 61.6 Å². The molecule has 1 atom stereocenters. The monoisotopic (exact) mass is 466 g/mol. The summed E-state index contributed by atoms with van der Waals surface area (Å²) in [6.07, 6.45) is 2.85. The van der Waals surface area contributed by atoms with E-state index in [4.69, 9.17) is 14.2 Å². The number of nitrogens with zero attached hydrogens (tertiary/aromatic N) is 2. The summed E-state index contributed by atoms with van der Waals surface area (Å²) in [4.78, 5) is 17.9. The number of carbonyl (C=O) groups is 1. The minimum atomic E-state index is -0.459. The molecule has 0 aromatic heterocycles. The van der Waals surface area contributed by atoms with E-state index in [-0.39, 0.29) is 5.91 Å². The average Bonchev–Trinajstić information content (AvgIpc) is 3.08. The average molecular weight is 467 g/mol. The fourth-order valence-electron chi connectivity index (χ4n) is 4.81. The van der Waals surface area contributed by atoms with Crippen LogP contribution in [0.5, 0.6) is 11.5 Å². The second-order valence-electron chi connectivity index (χ2n) is 9.77. The van der Waals surface area contributed by atoms with E-state index in [0.29, 0.717) is 32.2 Å². The summed E-state index contributed by atoms with van der Waals surface area (Å²) in [5, 5.41) is 0. The molecule has 1 saturated heterocycles. The second kappa shape index (κ2) is 11.7. The standard InChI is InChI=1S/C28H38N2O4/c1-21(2)17-30(18-22-11-12-23-8-6-7-14-33-26(23)16-22)28(31)27-20-29(13-15-34-27)19-24-9-4-5-10-25(24)32-3/h4-5,9-12,16,21,27H,6-8,13-15,17-20H2,1-3H3. The Morgan fingerprint density at radius 1 is 1.18 bits per heavy atom. The Labute approximate surface area is 203 Å². The van der Waals surface area contributed by atoms with Crippen molar-refractivity contribution in [1.29, 1.82) is 0 Å². The highest BCUT2D eigenvalue weighted by Crippen LogP contribution is 2.27. The van der Waals surface area contributed by atoms with E-state index >= 15 is 0 Å². The van der Waals surface area contributed by atoms with Gasteiger partial charge in [0.2, 0.25) is 0 Å². The zero-order valence-electron chi connectivity index (χ0n) is 20.8. The predicted octanol–water partition coefficient (Wildman–Crippen LogP) is 4.30. The van der Waals surface area contributed by atoms with Gasteiger partial charge >= 0.3 is 0 Å². The number of amides is 1. The molecule has 6 heteroatoms. The van der Waals surface area contributed by atoms with E-state index in [9.17, 15) is 4.79 Å². The van der Waals surface area contributed by atoms with Crippen LogP contribution in [-0.2, 0) is 29.0 Å². The SMILES string of the molecule is COc1ccccc1CN1CCOC(C(=O)N(Cc2ccc3c(c2)OCCCC3)CC(C)C)C1. The Hall–Kier alpha value is -2.57. The van der Waals surface area contributed by atoms with Crippen LogP contribution in [0.25, 0.3) is 0 Å². The Morgan fingerprint density at radius 2 is 2.03 bits per heavy atom. The molecular weight excluding hydrogens is 428 g/mol. The molecule has 1 unspecified atom stereocenters. The van der Waals surface area contributed by atoms with Crippen LogP contribution in [0.3, 0.4) is 0 Å². The molecule has 4 rings (SSSR count). The number of fused-ring (bicyclic) bond motifs is 1. The van der Waals surface area contributed by atoms with Gasteiger partial charge in [0.15, 0.2) is 0 Å². The zero-order chi connectivity index (χ0) is 23.9. The normalized spacial score (nSPS) is 18.6. The van der Waals surface area contributed by atoms with Gasteiger partial charge in [0.25, 0.3) is 5.91 Å². The van der Waals surface area contributed by atoms with Gasteiger partial charge in [0.1, 0.15) is 17.6 Å². The molecule has 0 N–H and O–H groups in total. The topological polar surface area (TPSA) is 51.2 Å². The van der Waals surface area contributed by atoms with Gasteiger partial charge in [-0.3, -0.25) is 9.69 Å². The number of hydrogen-bond donors (Lipinski definition) is 0. The number of carbonyl (C=O) groups excluding carboxylic acids is 1. The van der Waals surface area contributed by atoms with Gasteiger partial charge in [-0.15, -0.1) is 0 Å². The van der Waals surface area contributed by atoms with Crippen LogP contribution in [-0.4, -0.2) is 61.8 Å². The fraction of sp³-hybridized carbons (Fsp3) is 0.536. The third-order valence-corrected chi connectivity index (χ3v) is 6.51. The molecule has 1 amide bonds. The molecule has 0 bridgehead atoms. The van der Waals surface area contributed by atoms with E-state index in [1.165, 1.54) is 5.56 Å². The maximum Gasteiger partial charge on any atom is 0.253 e. The second-order valence-corrected chi connectivity index (χ2v) is 9.77.